The molecule has 0 aromatic carbocycles. The Hall–Kier alpha value is -0.0800. The third-order valence-corrected chi connectivity index (χ3v) is 2.81. The highest BCUT2D eigenvalue weighted by atomic mass is 16.5. The zero-order valence-corrected chi connectivity index (χ0v) is 10.7. The minimum atomic E-state index is 0.212. The van der Waals surface area contributed by atoms with Crippen LogP contribution in [0.5, 0.6) is 0 Å². The van der Waals surface area contributed by atoms with Crippen molar-refractivity contribution < 1.29 is 4.74 Å². The van der Waals surface area contributed by atoms with E-state index in [-0.39, 0.29) is 5.54 Å². The first kappa shape index (κ1) is 13.9. The summed E-state index contributed by atoms with van der Waals surface area (Å²) in [5, 5.41) is 3.57. The molecule has 0 saturated carbocycles. The lowest BCUT2D eigenvalue weighted by atomic mass is 9.83. The van der Waals surface area contributed by atoms with Gasteiger partial charge in [0.25, 0.3) is 0 Å². The predicted molar refractivity (Wildman–Crippen MR) is 62.6 cm³/mol. The van der Waals surface area contributed by atoms with Gasteiger partial charge in [0.15, 0.2) is 0 Å². The second kappa shape index (κ2) is 5.72. The number of hydrogen-bond donors (Lipinski definition) is 1. The molecule has 1 unspecified atom stereocenters. The van der Waals surface area contributed by atoms with Crippen molar-refractivity contribution in [3.05, 3.63) is 0 Å². The minimum absolute atomic E-state index is 0.212. The average molecular weight is 201 g/mol. The standard InChI is InChI=1S/C12H27NO/c1-7-12(5,8-9-14-6)10-13-11(2,3)4/h13H,7-10H2,1-6H3. The van der Waals surface area contributed by atoms with E-state index in [0.717, 1.165) is 19.6 Å². The molecule has 0 aliphatic carbocycles. The molecular formula is C12H27NO. The van der Waals surface area contributed by atoms with Crippen LogP contribution in [0.15, 0.2) is 0 Å². The van der Waals surface area contributed by atoms with E-state index in [2.05, 4.69) is 39.9 Å². The van der Waals surface area contributed by atoms with Gasteiger partial charge >= 0.3 is 0 Å². The van der Waals surface area contributed by atoms with Crippen molar-refractivity contribution in [2.24, 2.45) is 5.41 Å². The normalized spacial score (nSPS) is 16.7. The fourth-order valence-electron chi connectivity index (χ4n) is 1.22. The fraction of sp³-hybridized carbons (Fsp3) is 1.00. The molecule has 0 amide bonds. The van der Waals surface area contributed by atoms with Crippen molar-refractivity contribution >= 4 is 0 Å². The van der Waals surface area contributed by atoms with Crippen LogP contribution in [0.2, 0.25) is 0 Å². The van der Waals surface area contributed by atoms with E-state index in [0.29, 0.717) is 5.41 Å². The molecule has 0 bridgehead atoms. The maximum atomic E-state index is 5.14. The lowest BCUT2D eigenvalue weighted by Crippen LogP contribution is -2.43. The first-order valence-corrected chi connectivity index (χ1v) is 5.57. The summed E-state index contributed by atoms with van der Waals surface area (Å²) in [6.07, 6.45) is 2.32. The number of hydrogen-bond acceptors (Lipinski definition) is 2. The van der Waals surface area contributed by atoms with E-state index in [1.54, 1.807) is 7.11 Å². The molecule has 2 heteroatoms. The zero-order chi connectivity index (χ0) is 11.2. The Balaban J connectivity index is 3.98. The Labute approximate surface area is 89.4 Å². The molecule has 0 rings (SSSR count). The van der Waals surface area contributed by atoms with Gasteiger partial charge in [0.2, 0.25) is 0 Å². The second-order valence-corrected chi connectivity index (χ2v) is 5.51. The lowest BCUT2D eigenvalue weighted by Gasteiger charge is -2.32. The van der Waals surface area contributed by atoms with Gasteiger partial charge in [0, 0.05) is 25.8 Å². The van der Waals surface area contributed by atoms with Gasteiger partial charge in [0.05, 0.1) is 0 Å². The molecule has 0 aromatic heterocycles. The number of rotatable bonds is 6. The molecule has 0 spiro atoms. The van der Waals surface area contributed by atoms with Crippen LogP contribution in [0.3, 0.4) is 0 Å². The van der Waals surface area contributed by atoms with Crippen molar-refractivity contribution in [3.8, 4) is 0 Å². The van der Waals surface area contributed by atoms with Gasteiger partial charge in [0.1, 0.15) is 0 Å². The van der Waals surface area contributed by atoms with Crippen LogP contribution in [-0.2, 0) is 4.74 Å². The topological polar surface area (TPSA) is 21.3 Å². The highest BCUT2D eigenvalue weighted by Gasteiger charge is 2.23. The molecule has 0 saturated heterocycles. The summed E-state index contributed by atoms with van der Waals surface area (Å²) in [7, 11) is 1.77. The van der Waals surface area contributed by atoms with Crippen LogP contribution in [0.25, 0.3) is 0 Å². The summed E-state index contributed by atoms with van der Waals surface area (Å²) in [6.45, 7) is 13.1. The van der Waals surface area contributed by atoms with Gasteiger partial charge in [-0.2, -0.15) is 0 Å². The molecule has 0 aromatic rings. The monoisotopic (exact) mass is 201 g/mol. The van der Waals surface area contributed by atoms with E-state index in [4.69, 9.17) is 4.74 Å². The Morgan fingerprint density at radius 3 is 2.07 bits per heavy atom. The summed E-state index contributed by atoms with van der Waals surface area (Å²) >= 11 is 0. The van der Waals surface area contributed by atoms with E-state index in [9.17, 15) is 0 Å². The van der Waals surface area contributed by atoms with Crippen LogP contribution in [0, 0.1) is 5.41 Å². The average Bonchev–Trinajstić information content (AvgIpc) is 2.10. The van der Waals surface area contributed by atoms with E-state index >= 15 is 0 Å². The van der Waals surface area contributed by atoms with Gasteiger partial charge in [-0.05, 0) is 39.0 Å². The predicted octanol–water partition coefficient (Wildman–Crippen LogP) is 2.83. The van der Waals surface area contributed by atoms with Gasteiger partial charge in [-0.1, -0.05) is 13.8 Å². The molecule has 14 heavy (non-hydrogen) atoms. The third kappa shape index (κ3) is 6.39. The van der Waals surface area contributed by atoms with Crippen molar-refractivity contribution in [1.82, 2.24) is 5.32 Å². The largest absolute Gasteiger partial charge is 0.385 e. The zero-order valence-electron chi connectivity index (χ0n) is 10.7. The van der Waals surface area contributed by atoms with Gasteiger partial charge < -0.3 is 10.1 Å². The first-order valence-electron chi connectivity index (χ1n) is 5.57. The quantitative estimate of drug-likeness (QED) is 0.713. The lowest BCUT2D eigenvalue weighted by molar-refractivity contribution is 0.134. The number of nitrogens with one attached hydrogen (secondary N) is 1. The molecule has 0 radical (unpaired) electrons. The Morgan fingerprint density at radius 2 is 1.71 bits per heavy atom. The smallest absolute Gasteiger partial charge is 0.0467 e. The van der Waals surface area contributed by atoms with Gasteiger partial charge in [-0.15, -0.1) is 0 Å². The summed E-state index contributed by atoms with van der Waals surface area (Å²) in [4.78, 5) is 0. The van der Waals surface area contributed by atoms with Crippen LogP contribution < -0.4 is 5.32 Å². The molecule has 1 atom stereocenters. The molecule has 0 aliphatic heterocycles. The maximum absolute atomic E-state index is 5.14. The molecule has 0 fully saturated rings. The van der Waals surface area contributed by atoms with Gasteiger partial charge in [-0.25, -0.2) is 0 Å². The Bertz CT molecular complexity index is 151. The molecule has 0 heterocycles. The highest BCUT2D eigenvalue weighted by molar-refractivity contribution is 4.80. The minimum Gasteiger partial charge on any atom is -0.385 e. The van der Waals surface area contributed by atoms with Crippen LogP contribution >= 0.6 is 0 Å². The van der Waals surface area contributed by atoms with Crippen LogP contribution in [-0.4, -0.2) is 25.8 Å². The first-order chi connectivity index (χ1) is 6.33. The Morgan fingerprint density at radius 1 is 1.14 bits per heavy atom. The molecular weight excluding hydrogens is 174 g/mol. The van der Waals surface area contributed by atoms with Crippen molar-refractivity contribution in [1.29, 1.82) is 0 Å². The summed E-state index contributed by atoms with van der Waals surface area (Å²) < 4.78 is 5.14. The summed E-state index contributed by atoms with van der Waals surface area (Å²) in [5.74, 6) is 0. The maximum Gasteiger partial charge on any atom is 0.0467 e. The SMILES string of the molecule is CCC(C)(CCOC)CNC(C)(C)C. The Kier molecular flexibility index (Phi) is 5.68. The van der Waals surface area contributed by atoms with E-state index < -0.39 is 0 Å². The van der Waals surface area contributed by atoms with Crippen LogP contribution in [0.1, 0.15) is 47.5 Å². The summed E-state index contributed by atoms with van der Waals surface area (Å²) in [6, 6.07) is 0. The molecule has 0 aliphatic rings. The fourth-order valence-corrected chi connectivity index (χ4v) is 1.22. The molecule has 86 valence electrons. The van der Waals surface area contributed by atoms with Gasteiger partial charge in [-0.3, -0.25) is 0 Å². The van der Waals surface area contributed by atoms with Crippen LogP contribution in [0.4, 0.5) is 0 Å². The van der Waals surface area contributed by atoms with Crippen molar-refractivity contribution in [2.45, 2.75) is 53.0 Å². The second-order valence-electron chi connectivity index (χ2n) is 5.51. The van der Waals surface area contributed by atoms with Crippen molar-refractivity contribution in [3.63, 3.8) is 0 Å². The molecule has 2 nitrogen and oxygen atoms in total. The van der Waals surface area contributed by atoms with Crippen molar-refractivity contribution in [2.75, 3.05) is 20.3 Å². The highest BCUT2D eigenvalue weighted by Crippen LogP contribution is 2.25. The molecule has 1 N–H and O–H groups in total. The van der Waals surface area contributed by atoms with E-state index in [1.807, 2.05) is 0 Å². The third-order valence-electron chi connectivity index (χ3n) is 2.81. The summed E-state index contributed by atoms with van der Waals surface area (Å²) in [5.41, 5.74) is 0.576. The number of methoxy groups -OCH3 is 1. The van der Waals surface area contributed by atoms with E-state index in [1.165, 1.54) is 6.42 Å². The number of ether oxygens (including phenoxy) is 1.